The molecular formula is C10H5FN4S. The van der Waals surface area contributed by atoms with Gasteiger partial charge in [-0.15, -0.1) is 21.5 Å². The molecule has 0 aliphatic carbocycles. The highest BCUT2D eigenvalue weighted by molar-refractivity contribution is 7.13. The van der Waals surface area contributed by atoms with E-state index in [0.717, 1.165) is 4.88 Å². The summed E-state index contributed by atoms with van der Waals surface area (Å²) in [5, 5.41) is 9.20. The number of hydrogen-bond donors (Lipinski definition) is 0. The summed E-state index contributed by atoms with van der Waals surface area (Å²) in [6, 6.07) is 3.79. The number of hydrogen-bond acceptors (Lipinski definition) is 5. The minimum atomic E-state index is -0.691. The second-order valence-electron chi connectivity index (χ2n) is 3.07. The predicted molar refractivity (Wildman–Crippen MR) is 58.4 cm³/mol. The molecule has 3 heterocycles. The molecule has 3 rings (SSSR count). The number of rotatable bonds is 1. The summed E-state index contributed by atoms with van der Waals surface area (Å²) in [6.07, 6.45) is 2.95. The first-order valence-electron chi connectivity index (χ1n) is 4.53. The first kappa shape index (κ1) is 9.29. The topological polar surface area (TPSA) is 51.6 Å². The van der Waals surface area contributed by atoms with Crippen molar-refractivity contribution in [2.24, 2.45) is 0 Å². The molecule has 0 fully saturated rings. The van der Waals surface area contributed by atoms with Gasteiger partial charge in [0, 0.05) is 12.4 Å². The molecule has 78 valence electrons. The maximum absolute atomic E-state index is 13.3. The fourth-order valence-electron chi connectivity index (χ4n) is 1.43. The van der Waals surface area contributed by atoms with Crippen molar-refractivity contribution < 1.29 is 4.39 Å². The Hall–Kier alpha value is -1.95. The molecule has 4 nitrogen and oxygen atoms in total. The number of halogens is 1. The van der Waals surface area contributed by atoms with Gasteiger partial charge < -0.3 is 0 Å². The molecule has 0 aliphatic rings. The Morgan fingerprint density at radius 2 is 1.88 bits per heavy atom. The lowest BCUT2D eigenvalue weighted by atomic mass is 10.3. The first-order chi connectivity index (χ1) is 7.86. The van der Waals surface area contributed by atoms with Gasteiger partial charge in [0.05, 0.1) is 4.88 Å². The van der Waals surface area contributed by atoms with E-state index in [1.165, 1.54) is 23.7 Å². The first-order valence-corrected chi connectivity index (χ1v) is 5.41. The van der Waals surface area contributed by atoms with E-state index in [9.17, 15) is 4.39 Å². The highest BCUT2D eigenvalue weighted by Crippen LogP contribution is 2.27. The molecule has 0 amide bonds. The molecule has 3 aromatic rings. The Morgan fingerprint density at radius 1 is 1.06 bits per heavy atom. The maximum Gasteiger partial charge on any atom is 0.261 e. The molecule has 0 spiro atoms. The standard InChI is InChI=1S/C10H5FN4S/c11-10-9-8(12-3-4-13-9)7(14-15-10)6-2-1-5-16-6/h1-5H. The van der Waals surface area contributed by atoms with Crippen molar-refractivity contribution in [1.82, 2.24) is 20.2 Å². The third-order valence-electron chi connectivity index (χ3n) is 2.11. The van der Waals surface area contributed by atoms with Gasteiger partial charge in [0.25, 0.3) is 5.95 Å². The van der Waals surface area contributed by atoms with Crippen LogP contribution in [0.3, 0.4) is 0 Å². The molecule has 0 saturated carbocycles. The van der Waals surface area contributed by atoms with Gasteiger partial charge in [0.15, 0.2) is 0 Å². The molecular weight excluding hydrogens is 227 g/mol. The van der Waals surface area contributed by atoms with E-state index in [2.05, 4.69) is 20.2 Å². The van der Waals surface area contributed by atoms with Crippen molar-refractivity contribution in [2.45, 2.75) is 0 Å². The van der Waals surface area contributed by atoms with Crippen LogP contribution in [0.15, 0.2) is 29.9 Å². The SMILES string of the molecule is Fc1nnc(-c2cccs2)c2nccnc12. The molecule has 0 bridgehead atoms. The summed E-state index contributed by atoms with van der Waals surface area (Å²) >= 11 is 1.50. The predicted octanol–water partition coefficient (Wildman–Crippen LogP) is 2.29. The minimum absolute atomic E-state index is 0.154. The average Bonchev–Trinajstić information content (AvgIpc) is 2.83. The molecule has 0 aromatic carbocycles. The zero-order chi connectivity index (χ0) is 11.0. The average molecular weight is 232 g/mol. The van der Waals surface area contributed by atoms with Crippen molar-refractivity contribution in [2.75, 3.05) is 0 Å². The van der Waals surface area contributed by atoms with Crippen molar-refractivity contribution in [3.05, 3.63) is 35.9 Å². The Kier molecular flexibility index (Phi) is 2.07. The summed E-state index contributed by atoms with van der Waals surface area (Å²) in [6.45, 7) is 0. The van der Waals surface area contributed by atoms with Crippen molar-refractivity contribution in [3.8, 4) is 10.6 Å². The number of thiophene rings is 1. The fourth-order valence-corrected chi connectivity index (χ4v) is 2.14. The normalized spacial score (nSPS) is 10.8. The molecule has 0 unspecified atom stereocenters. The van der Waals surface area contributed by atoms with Crippen LogP contribution in [0.25, 0.3) is 21.6 Å². The maximum atomic E-state index is 13.3. The number of fused-ring (bicyclic) bond motifs is 1. The van der Waals surface area contributed by atoms with Crippen LogP contribution in [-0.4, -0.2) is 20.2 Å². The van der Waals surface area contributed by atoms with Crippen LogP contribution in [0.5, 0.6) is 0 Å². The second kappa shape index (κ2) is 3.57. The van der Waals surface area contributed by atoms with Gasteiger partial charge in [-0.3, -0.25) is 4.98 Å². The van der Waals surface area contributed by atoms with Gasteiger partial charge in [-0.05, 0) is 11.4 Å². The van der Waals surface area contributed by atoms with Gasteiger partial charge >= 0.3 is 0 Å². The third-order valence-corrected chi connectivity index (χ3v) is 2.99. The van der Waals surface area contributed by atoms with Crippen LogP contribution < -0.4 is 0 Å². The van der Waals surface area contributed by atoms with Crippen LogP contribution >= 0.6 is 11.3 Å². The molecule has 3 aromatic heterocycles. The Morgan fingerprint density at radius 3 is 2.62 bits per heavy atom. The monoisotopic (exact) mass is 232 g/mol. The molecule has 16 heavy (non-hydrogen) atoms. The largest absolute Gasteiger partial charge is 0.261 e. The van der Waals surface area contributed by atoms with Gasteiger partial charge in [-0.1, -0.05) is 6.07 Å². The van der Waals surface area contributed by atoms with Crippen LogP contribution in [-0.2, 0) is 0 Å². The van der Waals surface area contributed by atoms with E-state index in [1.54, 1.807) is 0 Å². The fraction of sp³-hybridized carbons (Fsp3) is 0. The lowest BCUT2D eigenvalue weighted by Crippen LogP contribution is -1.97. The van der Waals surface area contributed by atoms with Gasteiger partial charge in [-0.2, -0.15) is 4.39 Å². The van der Waals surface area contributed by atoms with Crippen LogP contribution in [0.4, 0.5) is 4.39 Å². The summed E-state index contributed by atoms with van der Waals surface area (Å²) < 4.78 is 13.3. The molecule has 0 radical (unpaired) electrons. The highest BCUT2D eigenvalue weighted by Gasteiger charge is 2.13. The molecule has 0 N–H and O–H groups in total. The summed E-state index contributed by atoms with van der Waals surface area (Å²) in [7, 11) is 0. The van der Waals surface area contributed by atoms with Crippen LogP contribution in [0.2, 0.25) is 0 Å². The number of nitrogens with zero attached hydrogens (tertiary/aromatic N) is 4. The summed E-state index contributed by atoms with van der Waals surface area (Å²) in [4.78, 5) is 8.92. The molecule has 0 aliphatic heterocycles. The molecule has 0 atom stereocenters. The van der Waals surface area contributed by atoms with Crippen LogP contribution in [0, 0.1) is 5.95 Å². The second-order valence-corrected chi connectivity index (χ2v) is 4.02. The lowest BCUT2D eigenvalue weighted by molar-refractivity contribution is 0.574. The zero-order valence-corrected chi connectivity index (χ0v) is 8.78. The lowest BCUT2D eigenvalue weighted by Gasteiger charge is -2.00. The Labute approximate surface area is 93.8 Å². The van der Waals surface area contributed by atoms with Crippen molar-refractivity contribution in [3.63, 3.8) is 0 Å². The van der Waals surface area contributed by atoms with E-state index < -0.39 is 5.95 Å². The van der Waals surface area contributed by atoms with Crippen molar-refractivity contribution in [1.29, 1.82) is 0 Å². The zero-order valence-electron chi connectivity index (χ0n) is 7.96. The van der Waals surface area contributed by atoms with Gasteiger partial charge in [0.1, 0.15) is 16.7 Å². The summed E-state index contributed by atoms with van der Waals surface area (Å²) in [5.41, 5.74) is 1.16. The highest BCUT2D eigenvalue weighted by atomic mass is 32.1. The third kappa shape index (κ3) is 1.35. The Balaban J connectivity index is 2.39. The smallest absolute Gasteiger partial charge is 0.250 e. The van der Waals surface area contributed by atoms with E-state index in [4.69, 9.17) is 0 Å². The Bertz CT molecular complexity index is 638. The van der Waals surface area contributed by atoms with Crippen molar-refractivity contribution >= 4 is 22.4 Å². The molecule has 6 heteroatoms. The minimum Gasteiger partial charge on any atom is -0.250 e. The van der Waals surface area contributed by atoms with E-state index in [-0.39, 0.29) is 5.52 Å². The summed E-state index contributed by atoms with van der Waals surface area (Å²) in [5.74, 6) is -0.691. The number of aromatic nitrogens is 4. The van der Waals surface area contributed by atoms with Gasteiger partial charge in [0.2, 0.25) is 0 Å². The van der Waals surface area contributed by atoms with E-state index >= 15 is 0 Å². The quantitative estimate of drug-likeness (QED) is 0.646. The van der Waals surface area contributed by atoms with E-state index in [1.807, 2.05) is 17.5 Å². The van der Waals surface area contributed by atoms with E-state index in [0.29, 0.717) is 11.2 Å². The van der Waals surface area contributed by atoms with Gasteiger partial charge in [-0.25, -0.2) is 4.98 Å². The van der Waals surface area contributed by atoms with Crippen LogP contribution in [0.1, 0.15) is 0 Å². The molecule has 0 saturated heterocycles.